The highest BCUT2D eigenvalue weighted by molar-refractivity contribution is 5.69. The molecule has 3 amide bonds. The van der Waals surface area contributed by atoms with Crippen LogP contribution >= 0.6 is 0 Å². The zero-order chi connectivity index (χ0) is 99.1. The Bertz CT molecular complexity index is 4960. The Morgan fingerprint density at radius 1 is 0.281 bits per heavy atom. The second kappa shape index (κ2) is 37.4. The standard InChI is InChI=1S/C22H27NO5.C21H31NO7.C21H26O3.C18H27NO5.C18H28O3.C17H26O3/c1-23-20(24)25-19-12-21(11-15-4-2-3-5-18(15)19)26-22(28-27-21)16-7-13-6-14(9-16)10-17(22)8-13;1-3-18(23)25-16-9-17(26-19(24)22-2)11-20(10-16)27-21(29-28-20)14-5-12-4-13(7-14)8-15(21)6-12;1-13-11-20(12-16-4-2-3-5-19(13)16)22-21(24-23-20)17-7-14-6-15(9-17)10-18(21)8-14;1-19-16(20)21-15-3-2-4-17(10-15)22-18(24-23-17)13-6-11-5-12(8-13)9-14(18)7-11;1-11-3-12(2)10-17(9-11)19-18(21-20-17)15-5-13-4-14(7-15)8-16(18)6-13;1-11-3-2-4-16(10-11)18-17(20-19-16)14-6-12-5-13(8-14)9-15(17)7-12/h2-5,13-14,16-17,19H,6-12H2,1H3,(H,23,24);12-17H,3-11H2,1-2H3,(H,22,24);2-5,13-15,17-18H,6-12H2,1H3;11-15H,2-10H2,1H3,(H,19,20);11-16H,3-10H2,1-2H3;11-15H,2-10H2,1H3. The Balaban J connectivity index is 0.0000000872. The summed E-state index contributed by atoms with van der Waals surface area (Å²) in [5.41, 5.74) is 4.92. The van der Waals surface area contributed by atoms with Crippen molar-refractivity contribution in [1.29, 1.82) is 0 Å². The Morgan fingerprint density at radius 2 is 0.562 bits per heavy atom. The molecule has 34 fully saturated rings. The Morgan fingerprint density at radius 3 is 0.932 bits per heavy atom. The first-order chi connectivity index (χ1) is 70.5. The van der Waals surface area contributed by atoms with Crippen LogP contribution in [0, 0.1) is 160 Å². The maximum absolute atomic E-state index is 11.9. The number of alkyl carbamates (subject to hydrolysis) is 3. The third-order valence-electron chi connectivity index (χ3n) is 44.0. The van der Waals surface area contributed by atoms with Crippen molar-refractivity contribution in [1.82, 2.24) is 16.0 Å². The van der Waals surface area contributed by atoms with Gasteiger partial charge in [0.15, 0.2) is 0 Å². The molecule has 6 saturated heterocycles. The second-order valence-electron chi connectivity index (χ2n) is 54.3. The topological polar surface area (TPSA) is 307 Å². The van der Waals surface area contributed by atoms with Crippen molar-refractivity contribution in [2.45, 2.75) is 449 Å². The molecule has 2 aromatic rings. The minimum atomic E-state index is -1.05. The lowest BCUT2D eigenvalue weighted by atomic mass is 9.53. The van der Waals surface area contributed by atoms with Gasteiger partial charge in [-0.25, -0.2) is 14.4 Å². The fraction of sp³-hybridized carbons (Fsp3) is 0.863. The third kappa shape index (κ3) is 17.3. The number of carbonyl (C=O) groups is 4. The van der Waals surface area contributed by atoms with Crippen LogP contribution in [-0.2, 0) is 124 Å². The van der Waals surface area contributed by atoms with Crippen LogP contribution in [0.5, 0.6) is 0 Å². The van der Waals surface area contributed by atoms with Crippen LogP contribution < -0.4 is 16.0 Å². The van der Waals surface area contributed by atoms with Crippen molar-refractivity contribution in [3.63, 3.8) is 0 Å². The van der Waals surface area contributed by atoms with Crippen LogP contribution in [0.15, 0.2) is 48.5 Å². The molecule has 29 nitrogen and oxygen atoms in total. The summed E-state index contributed by atoms with van der Waals surface area (Å²) in [7, 11) is 4.67. The molecular weight excluding hydrogens is 1860 g/mol. The van der Waals surface area contributed by atoms with Gasteiger partial charge in [0.2, 0.25) is 69.4 Å². The average Bonchev–Trinajstić information content (AvgIpc) is 1.56. The van der Waals surface area contributed by atoms with Crippen LogP contribution in [0.2, 0.25) is 0 Å². The lowest BCUT2D eigenvalue weighted by molar-refractivity contribution is -0.391. The molecule has 2 aromatic carbocycles. The molecule has 6 heterocycles. The molecule has 146 heavy (non-hydrogen) atoms. The zero-order valence-corrected chi connectivity index (χ0v) is 87.9. The number of amides is 3. The normalized spacial score (nSPS) is 52.4. The minimum Gasteiger partial charge on any atom is -0.462 e. The van der Waals surface area contributed by atoms with Gasteiger partial charge in [-0.05, 0) is 335 Å². The molecule has 6 aliphatic heterocycles. The molecule has 36 aliphatic rings. The van der Waals surface area contributed by atoms with Crippen molar-refractivity contribution < 1.29 is 125 Å². The summed E-state index contributed by atoms with van der Waals surface area (Å²) < 4.78 is 62.7. The monoisotopic (exact) mass is 2030 g/mol. The van der Waals surface area contributed by atoms with Crippen molar-refractivity contribution in [3.8, 4) is 0 Å². The predicted molar refractivity (Wildman–Crippen MR) is 522 cm³/mol. The van der Waals surface area contributed by atoms with Gasteiger partial charge < -0.3 is 63.3 Å². The summed E-state index contributed by atoms with van der Waals surface area (Å²) in [5, 5.41) is 7.54. The van der Waals surface area contributed by atoms with E-state index in [1.54, 1.807) is 21.0 Å². The molecule has 13 unspecified atom stereocenters. The zero-order valence-electron chi connectivity index (χ0n) is 87.9. The summed E-state index contributed by atoms with van der Waals surface area (Å²) in [4.78, 5) is 119. The van der Waals surface area contributed by atoms with Crippen molar-refractivity contribution >= 4 is 24.2 Å². The van der Waals surface area contributed by atoms with Crippen LogP contribution in [0.25, 0.3) is 0 Å². The van der Waals surface area contributed by atoms with Gasteiger partial charge in [-0.3, -0.25) is 4.79 Å². The largest absolute Gasteiger partial charge is 0.462 e. The first-order valence-electron chi connectivity index (χ1n) is 59.0. The fourth-order valence-corrected chi connectivity index (χ4v) is 39.6. The van der Waals surface area contributed by atoms with E-state index in [-0.39, 0.29) is 29.7 Å². The van der Waals surface area contributed by atoms with E-state index >= 15 is 0 Å². The van der Waals surface area contributed by atoms with Crippen LogP contribution in [0.1, 0.15) is 371 Å². The quantitative estimate of drug-likeness (QED) is 0.142. The summed E-state index contributed by atoms with van der Waals surface area (Å²) in [6.07, 6.45) is 50.5. The Labute approximate surface area is 861 Å². The van der Waals surface area contributed by atoms with E-state index in [0.717, 1.165) is 166 Å². The number of ether oxygens (including phenoxy) is 10. The van der Waals surface area contributed by atoms with Gasteiger partial charge in [-0.15, -0.1) is 0 Å². The number of hydrogen-bond acceptors (Lipinski definition) is 26. The maximum Gasteiger partial charge on any atom is 0.407 e. The highest BCUT2D eigenvalue weighted by Crippen LogP contribution is 2.73. The SMILES string of the molecule is CC1CC(C)CC2(C1)OOC1(O2)C2CC3CC(C2)CC1C3.CC1CC2(Cc3ccccc31)OOC1(O2)C2CC3CC(C2)CC1C3.CC1CCCC2(C1)OOC1(O2)C2CC3CC(C2)CC1C3.CCC(=O)OC1CC(OC(=O)NC)CC2(C1)OOC1(O2)C2CC3CC(C2)CC1C3.CNC(=O)OC1CC2(Cc3ccccc31)OOC1(O2)C2CC3CC(C2)CC1C3.CNC(=O)OC1CCCC2(C1)OOC1(O2)C2CC3CC(C2)CC1C3. The Kier molecular flexibility index (Phi) is 25.4. The van der Waals surface area contributed by atoms with Crippen LogP contribution in [0.4, 0.5) is 14.4 Å². The highest BCUT2D eigenvalue weighted by atomic mass is 17.3. The van der Waals surface area contributed by atoms with E-state index in [2.05, 4.69) is 74.0 Å². The number of carbonyl (C=O) groups excluding carboxylic acids is 4. The van der Waals surface area contributed by atoms with Gasteiger partial charge in [0.05, 0.1) is 0 Å². The fourth-order valence-electron chi connectivity index (χ4n) is 39.6. The Hall–Kier alpha value is -5.00. The average molecular weight is 2030 g/mol. The highest BCUT2D eigenvalue weighted by Gasteiger charge is 2.76. The number of nitrogens with one attached hydrogen (secondary N) is 3. The van der Waals surface area contributed by atoms with E-state index in [1.165, 1.54) is 204 Å². The van der Waals surface area contributed by atoms with Crippen LogP contribution in [0.3, 0.4) is 0 Å². The van der Waals surface area contributed by atoms with E-state index < -0.39 is 88.4 Å². The van der Waals surface area contributed by atoms with Gasteiger partial charge in [-0.1, -0.05) is 89.6 Å². The molecule has 13 atom stereocenters. The molecule has 29 heteroatoms. The van der Waals surface area contributed by atoms with Gasteiger partial charge in [0.25, 0.3) is 0 Å². The molecule has 0 radical (unpaired) electrons. The third-order valence-corrected chi connectivity index (χ3v) is 44.0. The summed E-state index contributed by atoms with van der Waals surface area (Å²) in [5.74, 6) is 11.5. The number of esters is 1. The molecule has 38 rings (SSSR count). The first-order valence-corrected chi connectivity index (χ1v) is 59.0. The molecule has 24 bridgehead atoms. The number of hydrogen-bond donors (Lipinski definition) is 3. The summed E-state index contributed by atoms with van der Waals surface area (Å²) in [6, 6.07) is 16.8. The molecular formula is C117H165N3O26. The lowest BCUT2D eigenvalue weighted by Gasteiger charge is -2.57. The molecule has 804 valence electrons. The molecule has 12 spiro atoms. The second-order valence-corrected chi connectivity index (χ2v) is 54.3. The van der Waals surface area contributed by atoms with Crippen molar-refractivity contribution in [3.05, 3.63) is 70.8 Å². The molecule has 0 aromatic heterocycles. The predicted octanol–water partition coefficient (Wildman–Crippen LogP) is 22.9. The first kappa shape index (κ1) is 99.1. The van der Waals surface area contributed by atoms with Crippen molar-refractivity contribution in [2.24, 2.45) is 160 Å². The maximum atomic E-state index is 11.9. The number of benzene rings is 2. The summed E-state index contributed by atoms with van der Waals surface area (Å²) >= 11 is 0. The van der Waals surface area contributed by atoms with Gasteiger partial charge >= 0.3 is 24.2 Å². The minimum absolute atomic E-state index is 0.172. The lowest BCUT2D eigenvalue weighted by Crippen LogP contribution is -2.60. The van der Waals surface area contributed by atoms with E-state index in [9.17, 15) is 19.2 Å². The van der Waals surface area contributed by atoms with E-state index in [0.29, 0.717) is 140 Å². The van der Waals surface area contributed by atoms with Gasteiger partial charge in [0, 0.05) is 182 Å². The summed E-state index contributed by atoms with van der Waals surface area (Å²) in [6.45, 7) is 11.0. The molecule has 3 N–H and O–H groups in total. The van der Waals surface area contributed by atoms with Crippen molar-refractivity contribution in [2.75, 3.05) is 21.1 Å². The number of fused-ring (bicyclic) bond motifs is 2. The van der Waals surface area contributed by atoms with Gasteiger partial charge in [-0.2, -0.15) is 58.7 Å². The molecule has 30 aliphatic carbocycles. The smallest absolute Gasteiger partial charge is 0.407 e. The van der Waals surface area contributed by atoms with E-state index in [4.69, 9.17) is 106 Å². The molecule has 28 saturated carbocycles. The van der Waals surface area contributed by atoms with Gasteiger partial charge in [0.1, 0.15) is 24.4 Å². The number of rotatable bonds is 5. The van der Waals surface area contributed by atoms with Crippen LogP contribution in [-0.4, -0.2) is 133 Å². The van der Waals surface area contributed by atoms with E-state index in [1.807, 2.05) is 18.2 Å².